The minimum atomic E-state index is -0.403. The molecule has 1 saturated carbocycles. The van der Waals surface area contributed by atoms with Crippen LogP contribution in [0.5, 0.6) is 5.88 Å². The second-order valence-corrected chi connectivity index (χ2v) is 14.7. The third-order valence-corrected chi connectivity index (χ3v) is 10.8. The lowest BCUT2D eigenvalue weighted by atomic mass is 10.0. The quantitative estimate of drug-likeness (QED) is 0.138. The van der Waals surface area contributed by atoms with Crippen LogP contribution in [0.3, 0.4) is 0 Å². The molecule has 0 bridgehead atoms. The Morgan fingerprint density at radius 1 is 1.09 bits per heavy atom. The zero-order chi connectivity index (χ0) is 36.1. The summed E-state index contributed by atoms with van der Waals surface area (Å²) < 4.78 is 28.2. The molecule has 2 aliphatic heterocycles. The lowest BCUT2D eigenvalue weighted by Crippen LogP contribution is -2.33. The van der Waals surface area contributed by atoms with E-state index in [1.807, 2.05) is 43.3 Å². The van der Waals surface area contributed by atoms with E-state index in [2.05, 4.69) is 37.1 Å². The first kappa shape index (κ1) is 33.7. The number of halogens is 2. The number of aryl methyl sites for hydroxylation is 1. The summed E-state index contributed by atoms with van der Waals surface area (Å²) in [5, 5.41) is 12.1. The number of anilines is 1. The largest absolute Gasteiger partial charge is 0.473 e. The number of imidazole rings is 1. The Hall–Kier alpha value is -5.10. The van der Waals surface area contributed by atoms with E-state index < -0.39 is 5.82 Å². The SMILES string of the molecule is Cc1n[nH]c2c(C3CC3)cc(NC(=O)c3ccc4c(c3)nc(CN3CC=C(c5cccc(OCc6ccc(Cl)cc6F)n5)CC3)n4C[C@@H]3CCO3)cc12. The van der Waals surface area contributed by atoms with Crippen LogP contribution in [0.15, 0.2) is 72.8 Å². The van der Waals surface area contributed by atoms with Gasteiger partial charge in [-0.3, -0.25) is 14.8 Å². The van der Waals surface area contributed by atoms with Gasteiger partial charge in [0.15, 0.2) is 0 Å². The van der Waals surface area contributed by atoms with E-state index in [9.17, 15) is 9.18 Å². The number of benzene rings is 3. The first-order valence-electron chi connectivity index (χ1n) is 18.2. The summed E-state index contributed by atoms with van der Waals surface area (Å²) in [6.45, 7) is 5.77. The van der Waals surface area contributed by atoms with Crippen LogP contribution in [0.2, 0.25) is 5.02 Å². The molecule has 6 aromatic rings. The molecule has 53 heavy (non-hydrogen) atoms. The lowest BCUT2D eigenvalue weighted by Gasteiger charge is -2.29. The Morgan fingerprint density at radius 2 is 1.98 bits per heavy atom. The molecule has 1 amide bonds. The maximum Gasteiger partial charge on any atom is 0.255 e. The number of aromatic amines is 1. The molecule has 1 atom stereocenters. The Balaban J connectivity index is 0.906. The molecule has 3 aromatic carbocycles. The van der Waals surface area contributed by atoms with Crippen molar-refractivity contribution in [2.75, 3.05) is 25.0 Å². The van der Waals surface area contributed by atoms with Crippen LogP contribution in [0.25, 0.3) is 27.5 Å². The third-order valence-electron chi connectivity index (χ3n) is 10.5. The average molecular weight is 732 g/mol. The van der Waals surface area contributed by atoms with Gasteiger partial charge >= 0.3 is 0 Å². The highest BCUT2D eigenvalue weighted by molar-refractivity contribution is 6.30. The lowest BCUT2D eigenvalue weighted by molar-refractivity contribution is -0.0591. The van der Waals surface area contributed by atoms with Crippen LogP contribution in [-0.4, -0.2) is 61.3 Å². The number of H-pyrrole nitrogens is 1. The summed E-state index contributed by atoms with van der Waals surface area (Å²) in [6, 6.07) is 20.1. The highest BCUT2D eigenvalue weighted by Crippen LogP contribution is 2.44. The van der Waals surface area contributed by atoms with Crippen LogP contribution in [0.1, 0.15) is 70.3 Å². The number of aromatic nitrogens is 5. The molecule has 0 spiro atoms. The molecular weight excluding hydrogens is 693 g/mol. The van der Waals surface area contributed by atoms with Gasteiger partial charge in [-0.15, -0.1) is 0 Å². The molecule has 5 heterocycles. The summed E-state index contributed by atoms with van der Waals surface area (Å²) >= 11 is 5.89. The van der Waals surface area contributed by atoms with Crippen molar-refractivity contribution in [1.82, 2.24) is 29.6 Å². The van der Waals surface area contributed by atoms with Gasteiger partial charge in [0.05, 0.1) is 47.1 Å². The molecule has 10 nitrogen and oxygen atoms in total. The molecule has 12 heteroatoms. The van der Waals surface area contributed by atoms with Gasteiger partial charge in [-0.05, 0) is 98.2 Å². The smallest absolute Gasteiger partial charge is 0.255 e. The van der Waals surface area contributed by atoms with Crippen molar-refractivity contribution in [2.24, 2.45) is 0 Å². The van der Waals surface area contributed by atoms with Crippen LogP contribution in [-0.2, 0) is 24.4 Å². The van der Waals surface area contributed by atoms with Crippen molar-refractivity contribution >= 4 is 50.7 Å². The van der Waals surface area contributed by atoms with Crippen molar-refractivity contribution in [1.29, 1.82) is 0 Å². The number of nitrogens with one attached hydrogen (secondary N) is 2. The van der Waals surface area contributed by atoms with Crippen molar-refractivity contribution in [3.8, 4) is 5.88 Å². The number of rotatable bonds is 11. The molecular formula is C41H39ClFN7O3. The van der Waals surface area contributed by atoms with Crippen molar-refractivity contribution in [3.05, 3.63) is 118 Å². The third kappa shape index (κ3) is 7.04. The highest BCUT2D eigenvalue weighted by atomic mass is 35.5. The normalized spacial score (nSPS) is 17.6. The Morgan fingerprint density at radius 3 is 2.75 bits per heavy atom. The topological polar surface area (TPSA) is 110 Å². The molecule has 1 saturated heterocycles. The van der Waals surface area contributed by atoms with Crippen LogP contribution in [0.4, 0.5) is 10.1 Å². The molecule has 1 aliphatic carbocycles. The minimum Gasteiger partial charge on any atom is -0.473 e. The van der Waals surface area contributed by atoms with Gasteiger partial charge in [0.1, 0.15) is 18.2 Å². The van der Waals surface area contributed by atoms with E-state index in [1.54, 1.807) is 18.2 Å². The number of hydrogen-bond donors (Lipinski definition) is 2. The maximum absolute atomic E-state index is 14.3. The number of pyridine rings is 1. The number of fused-ring (bicyclic) bond motifs is 2. The molecule has 2 N–H and O–H groups in total. The first-order valence-corrected chi connectivity index (χ1v) is 18.6. The second-order valence-electron chi connectivity index (χ2n) is 14.2. The number of ether oxygens (including phenoxy) is 2. The van der Waals surface area contributed by atoms with Gasteiger partial charge in [0.25, 0.3) is 5.91 Å². The van der Waals surface area contributed by atoms with Gasteiger partial charge in [0.2, 0.25) is 5.88 Å². The second kappa shape index (κ2) is 14.0. The molecule has 2 fully saturated rings. The zero-order valence-electron chi connectivity index (χ0n) is 29.4. The molecule has 9 rings (SSSR count). The van der Waals surface area contributed by atoms with Gasteiger partial charge < -0.3 is 19.4 Å². The standard InChI is InChI=1S/C41H39ClFN7O3/c1-24-32-19-30(20-33(25-5-6-25)40(32)48-47-24)44-41(51)27-8-10-37-36(17-27)45-38(50(37)21-31-13-16-52-31)22-49-14-11-26(12-15-49)35-3-2-4-39(46-35)53-23-28-7-9-29(42)18-34(28)43/h2-4,7-11,17-20,25,31H,5-6,12-16,21-23H2,1H3,(H,44,51)(H,47,48)/t31-/m0/s1. The van der Waals surface area contributed by atoms with Gasteiger partial charge in [-0.1, -0.05) is 29.8 Å². The van der Waals surface area contributed by atoms with Gasteiger partial charge in [-0.2, -0.15) is 5.10 Å². The minimum absolute atomic E-state index is 0.0641. The van der Waals surface area contributed by atoms with Crippen LogP contribution < -0.4 is 10.1 Å². The van der Waals surface area contributed by atoms with Gasteiger partial charge in [-0.25, -0.2) is 14.4 Å². The summed E-state index contributed by atoms with van der Waals surface area (Å²) in [4.78, 5) is 25.8. The fraction of sp³-hybridized carbons (Fsp3) is 0.317. The van der Waals surface area contributed by atoms with Crippen LogP contribution in [0, 0.1) is 12.7 Å². The van der Waals surface area contributed by atoms with Crippen molar-refractivity contribution < 1.29 is 18.7 Å². The van der Waals surface area contributed by atoms with Gasteiger partial charge in [0, 0.05) is 53.0 Å². The number of nitrogens with zero attached hydrogens (tertiary/aromatic N) is 5. The summed E-state index contributed by atoms with van der Waals surface area (Å²) in [5.41, 5.74) is 8.75. The maximum atomic E-state index is 14.3. The number of carbonyl (C=O) groups is 1. The predicted molar refractivity (Wildman–Crippen MR) is 203 cm³/mol. The number of amides is 1. The fourth-order valence-electron chi connectivity index (χ4n) is 7.30. The predicted octanol–water partition coefficient (Wildman–Crippen LogP) is 8.20. The van der Waals surface area contributed by atoms with E-state index in [1.165, 1.54) is 11.6 Å². The molecule has 0 radical (unpaired) electrons. The Labute approximate surface area is 311 Å². The number of hydrogen-bond acceptors (Lipinski definition) is 7. The van der Waals surface area contributed by atoms with Crippen molar-refractivity contribution in [2.45, 2.75) is 64.3 Å². The zero-order valence-corrected chi connectivity index (χ0v) is 30.1. The van der Waals surface area contributed by atoms with E-state index in [0.717, 1.165) is 102 Å². The Kier molecular flexibility index (Phi) is 8.93. The Bertz CT molecular complexity index is 2400. The summed E-state index contributed by atoms with van der Waals surface area (Å²) in [6.07, 6.45) is 6.50. The molecule has 0 unspecified atom stereocenters. The first-order chi connectivity index (χ1) is 25.8. The molecule has 3 aliphatic rings. The average Bonchev–Trinajstić information content (AvgIpc) is 3.85. The van der Waals surface area contributed by atoms with Crippen molar-refractivity contribution in [3.63, 3.8) is 0 Å². The fourth-order valence-corrected chi connectivity index (χ4v) is 7.45. The van der Waals surface area contributed by atoms with E-state index in [-0.39, 0.29) is 18.6 Å². The van der Waals surface area contributed by atoms with E-state index in [0.29, 0.717) is 34.5 Å². The van der Waals surface area contributed by atoms with Crippen LogP contribution >= 0.6 is 11.6 Å². The summed E-state index contributed by atoms with van der Waals surface area (Å²) in [7, 11) is 0. The molecule has 3 aromatic heterocycles. The monoisotopic (exact) mass is 731 g/mol. The summed E-state index contributed by atoms with van der Waals surface area (Å²) in [5.74, 6) is 1.33. The van der Waals surface area contributed by atoms with E-state index in [4.69, 9.17) is 31.0 Å². The molecule has 270 valence electrons. The highest BCUT2D eigenvalue weighted by Gasteiger charge is 2.28. The van der Waals surface area contributed by atoms with E-state index >= 15 is 0 Å². The number of carbonyl (C=O) groups excluding carboxylic acids is 1.